The van der Waals surface area contributed by atoms with Crippen LogP contribution < -0.4 is 16.1 Å². The van der Waals surface area contributed by atoms with Gasteiger partial charge in [0, 0.05) is 19.6 Å². The SMILES string of the molecule is CN(NC(=S)NC1CC1)C(=S)NCc1ccccc1. The third kappa shape index (κ3) is 5.00. The zero-order valence-electron chi connectivity index (χ0n) is 10.8. The van der Waals surface area contributed by atoms with E-state index in [2.05, 4.69) is 28.2 Å². The van der Waals surface area contributed by atoms with Gasteiger partial charge in [0.05, 0.1) is 0 Å². The van der Waals surface area contributed by atoms with E-state index in [4.69, 9.17) is 24.4 Å². The summed E-state index contributed by atoms with van der Waals surface area (Å²) in [7, 11) is 1.85. The number of hydrazine groups is 1. The van der Waals surface area contributed by atoms with Crippen LogP contribution in [0.1, 0.15) is 18.4 Å². The average Bonchev–Trinajstić information content (AvgIpc) is 3.20. The Bertz CT molecular complexity index is 445. The topological polar surface area (TPSA) is 39.3 Å². The Balaban J connectivity index is 1.71. The van der Waals surface area contributed by atoms with Crippen LogP contribution in [0.15, 0.2) is 30.3 Å². The minimum atomic E-state index is 0.541. The zero-order valence-corrected chi connectivity index (χ0v) is 12.5. The number of hydrogen-bond donors (Lipinski definition) is 3. The highest BCUT2D eigenvalue weighted by Crippen LogP contribution is 2.18. The first-order valence-corrected chi connectivity index (χ1v) is 7.09. The highest BCUT2D eigenvalue weighted by Gasteiger charge is 2.22. The van der Waals surface area contributed by atoms with E-state index in [0.29, 0.717) is 22.8 Å². The average molecular weight is 294 g/mol. The van der Waals surface area contributed by atoms with Crippen LogP contribution in [0.4, 0.5) is 0 Å². The van der Waals surface area contributed by atoms with Gasteiger partial charge in [-0.15, -0.1) is 0 Å². The maximum Gasteiger partial charge on any atom is 0.187 e. The first-order chi connectivity index (χ1) is 9.15. The maximum atomic E-state index is 5.29. The summed E-state index contributed by atoms with van der Waals surface area (Å²) in [5.74, 6) is 0. The van der Waals surface area contributed by atoms with Crippen molar-refractivity contribution in [2.75, 3.05) is 7.05 Å². The lowest BCUT2D eigenvalue weighted by atomic mass is 10.2. The first-order valence-electron chi connectivity index (χ1n) is 6.28. The van der Waals surface area contributed by atoms with E-state index in [1.807, 2.05) is 25.2 Å². The molecule has 102 valence electrons. The second-order valence-electron chi connectivity index (χ2n) is 4.56. The van der Waals surface area contributed by atoms with Gasteiger partial charge in [0.1, 0.15) is 0 Å². The molecule has 1 saturated carbocycles. The van der Waals surface area contributed by atoms with Gasteiger partial charge in [-0.1, -0.05) is 30.3 Å². The standard InChI is InChI=1S/C13H18N4S2/c1-17(16-12(18)15-11-7-8-11)13(19)14-9-10-5-3-2-4-6-10/h2-6,11H,7-9H2,1H3,(H,14,19)(H2,15,16,18). The molecule has 1 aromatic rings. The van der Waals surface area contributed by atoms with Crippen LogP contribution in [0.25, 0.3) is 0 Å². The van der Waals surface area contributed by atoms with E-state index in [9.17, 15) is 0 Å². The second-order valence-corrected chi connectivity index (χ2v) is 5.36. The highest BCUT2D eigenvalue weighted by molar-refractivity contribution is 7.80. The van der Waals surface area contributed by atoms with Gasteiger partial charge in [-0.05, 0) is 42.8 Å². The molecular weight excluding hydrogens is 276 g/mol. The van der Waals surface area contributed by atoms with Crippen molar-refractivity contribution in [2.24, 2.45) is 0 Å². The van der Waals surface area contributed by atoms with Crippen molar-refractivity contribution in [2.45, 2.75) is 25.4 Å². The lowest BCUT2D eigenvalue weighted by Crippen LogP contribution is -2.51. The van der Waals surface area contributed by atoms with Crippen LogP contribution in [-0.4, -0.2) is 28.3 Å². The van der Waals surface area contributed by atoms with Crippen LogP contribution in [-0.2, 0) is 6.54 Å². The minimum absolute atomic E-state index is 0.541. The molecular formula is C13H18N4S2. The van der Waals surface area contributed by atoms with Gasteiger partial charge in [-0.2, -0.15) is 0 Å². The Labute approximate surface area is 124 Å². The molecule has 4 nitrogen and oxygen atoms in total. The van der Waals surface area contributed by atoms with Gasteiger partial charge >= 0.3 is 0 Å². The Kier molecular flexibility index (Phi) is 4.93. The molecule has 0 spiro atoms. The van der Waals surface area contributed by atoms with Gasteiger partial charge in [0.15, 0.2) is 10.2 Å². The molecule has 6 heteroatoms. The largest absolute Gasteiger partial charge is 0.359 e. The zero-order chi connectivity index (χ0) is 13.7. The Morgan fingerprint density at radius 3 is 2.58 bits per heavy atom. The van der Waals surface area contributed by atoms with Crippen LogP contribution >= 0.6 is 24.4 Å². The third-order valence-corrected chi connectivity index (χ3v) is 3.40. The number of nitrogens with zero attached hydrogens (tertiary/aromatic N) is 1. The molecule has 0 aliphatic heterocycles. The summed E-state index contributed by atoms with van der Waals surface area (Å²) in [6.07, 6.45) is 2.39. The van der Waals surface area contributed by atoms with Crippen molar-refractivity contribution < 1.29 is 0 Å². The van der Waals surface area contributed by atoms with Crippen molar-refractivity contribution in [3.8, 4) is 0 Å². The van der Waals surface area contributed by atoms with Gasteiger partial charge in [-0.3, -0.25) is 10.4 Å². The Morgan fingerprint density at radius 1 is 1.26 bits per heavy atom. The monoisotopic (exact) mass is 294 g/mol. The fourth-order valence-electron chi connectivity index (χ4n) is 1.54. The molecule has 0 saturated heterocycles. The summed E-state index contributed by atoms with van der Waals surface area (Å²) >= 11 is 10.5. The Hall–Kier alpha value is -1.40. The smallest absolute Gasteiger partial charge is 0.187 e. The van der Waals surface area contributed by atoms with E-state index in [0.717, 1.165) is 0 Å². The van der Waals surface area contributed by atoms with Gasteiger partial charge in [-0.25, -0.2) is 0 Å². The molecule has 1 fully saturated rings. The van der Waals surface area contributed by atoms with Crippen molar-refractivity contribution >= 4 is 34.7 Å². The maximum absolute atomic E-state index is 5.29. The summed E-state index contributed by atoms with van der Waals surface area (Å²) in [6.45, 7) is 0.703. The molecule has 1 aliphatic rings. The number of benzene rings is 1. The van der Waals surface area contributed by atoms with E-state index in [1.165, 1.54) is 18.4 Å². The summed E-state index contributed by atoms with van der Waals surface area (Å²) in [5, 5.41) is 9.34. The molecule has 19 heavy (non-hydrogen) atoms. The Morgan fingerprint density at radius 2 is 1.95 bits per heavy atom. The van der Waals surface area contributed by atoms with E-state index < -0.39 is 0 Å². The van der Waals surface area contributed by atoms with Crippen molar-refractivity contribution in [3.63, 3.8) is 0 Å². The third-order valence-electron chi connectivity index (χ3n) is 2.77. The fourth-order valence-corrected chi connectivity index (χ4v) is 1.96. The van der Waals surface area contributed by atoms with Crippen LogP contribution in [0.2, 0.25) is 0 Å². The lowest BCUT2D eigenvalue weighted by molar-refractivity contribution is 0.442. The predicted octanol–water partition coefficient (Wildman–Crippen LogP) is 1.53. The lowest BCUT2D eigenvalue weighted by Gasteiger charge is -2.23. The van der Waals surface area contributed by atoms with Gasteiger partial charge < -0.3 is 10.6 Å². The second kappa shape index (κ2) is 6.68. The number of thiocarbonyl (C=S) groups is 2. The molecule has 0 bridgehead atoms. The van der Waals surface area contributed by atoms with Gasteiger partial charge in [0.25, 0.3) is 0 Å². The molecule has 1 aliphatic carbocycles. The number of rotatable bonds is 3. The molecule has 2 rings (SSSR count). The predicted molar refractivity (Wildman–Crippen MR) is 85.5 cm³/mol. The van der Waals surface area contributed by atoms with Crippen LogP contribution in [0.5, 0.6) is 0 Å². The molecule has 0 unspecified atom stereocenters. The number of hydrogen-bond acceptors (Lipinski definition) is 2. The van der Waals surface area contributed by atoms with E-state index >= 15 is 0 Å². The van der Waals surface area contributed by atoms with Crippen molar-refractivity contribution in [1.29, 1.82) is 0 Å². The first kappa shape index (κ1) is 14.0. The van der Waals surface area contributed by atoms with E-state index in [1.54, 1.807) is 5.01 Å². The molecule has 3 N–H and O–H groups in total. The normalized spacial score (nSPS) is 13.5. The quantitative estimate of drug-likeness (QED) is 0.580. The van der Waals surface area contributed by atoms with Crippen molar-refractivity contribution in [1.82, 2.24) is 21.1 Å². The molecule has 0 atom stereocenters. The van der Waals surface area contributed by atoms with Crippen LogP contribution in [0, 0.1) is 0 Å². The summed E-state index contributed by atoms with van der Waals surface area (Å²) < 4.78 is 0. The highest BCUT2D eigenvalue weighted by atomic mass is 32.1. The minimum Gasteiger partial charge on any atom is -0.359 e. The summed E-state index contributed by atoms with van der Waals surface area (Å²) in [6, 6.07) is 10.7. The fraction of sp³-hybridized carbons (Fsp3) is 0.385. The molecule has 0 aromatic heterocycles. The van der Waals surface area contributed by atoms with Crippen molar-refractivity contribution in [3.05, 3.63) is 35.9 Å². The number of nitrogens with one attached hydrogen (secondary N) is 3. The van der Waals surface area contributed by atoms with Gasteiger partial charge in [0.2, 0.25) is 0 Å². The summed E-state index contributed by atoms with van der Waals surface area (Å²) in [5.41, 5.74) is 4.23. The molecule has 0 radical (unpaired) electrons. The molecule has 0 heterocycles. The molecule has 0 amide bonds. The molecule has 1 aromatic carbocycles. The van der Waals surface area contributed by atoms with Crippen LogP contribution in [0.3, 0.4) is 0 Å². The summed E-state index contributed by atoms with van der Waals surface area (Å²) in [4.78, 5) is 0. The van der Waals surface area contributed by atoms with E-state index in [-0.39, 0.29) is 0 Å².